The molecule has 0 aliphatic carbocycles. The Hall–Kier alpha value is -3.63. The van der Waals surface area contributed by atoms with Crippen LogP contribution < -0.4 is 5.01 Å². The molecule has 32 heavy (non-hydrogen) atoms. The summed E-state index contributed by atoms with van der Waals surface area (Å²) in [6.45, 7) is -0.471. The summed E-state index contributed by atoms with van der Waals surface area (Å²) >= 11 is 4.69. The smallest absolute Gasteiger partial charge is 0.269 e. The van der Waals surface area contributed by atoms with Crippen LogP contribution in [0.5, 0.6) is 0 Å². The molecule has 0 bridgehead atoms. The lowest BCUT2D eigenvalue weighted by molar-refractivity contribution is -0.118. The van der Waals surface area contributed by atoms with E-state index in [0.717, 1.165) is 19.1 Å². The van der Waals surface area contributed by atoms with Gasteiger partial charge in [-0.25, -0.2) is 4.98 Å². The fourth-order valence-corrected chi connectivity index (χ4v) is 4.75. The van der Waals surface area contributed by atoms with E-state index in [1.165, 1.54) is 23.8 Å². The zero-order valence-electron chi connectivity index (χ0n) is 16.3. The molecule has 1 aliphatic rings. The van der Waals surface area contributed by atoms with Crippen molar-refractivity contribution < 1.29 is 18.8 Å². The third kappa shape index (κ3) is 3.63. The van der Waals surface area contributed by atoms with Crippen molar-refractivity contribution in [1.82, 2.24) is 9.88 Å². The van der Waals surface area contributed by atoms with Gasteiger partial charge in [0.25, 0.3) is 17.7 Å². The minimum atomic E-state index is -0.583. The van der Waals surface area contributed by atoms with E-state index in [2.05, 4.69) is 26.0 Å². The van der Waals surface area contributed by atoms with E-state index in [0.29, 0.717) is 16.4 Å². The molecule has 1 aliphatic heterocycles. The summed E-state index contributed by atoms with van der Waals surface area (Å²) in [5.74, 6) is -1.17. The Balaban J connectivity index is 1.48. The van der Waals surface area contributed by atoms with Gasteiger partial charge in [-0.15, -0.1) is 0 Å². The number of hydrogen-bond donors (Lipinski definition) is 0. The van der Waals surface area contributed by atoms with E-state index < -0.39 is 24.3 Å². The molecule has 3 heterocycles. The van der Waals surface area contributed by atoms with Gasteiger partial charge >= 0.3 is 0 Å². The molecule has 0 unspecified atom stereocenters. The Morgan fingerprint density at radius 2 is 1.88 bits per heavy atom. The lowest BCUT2D eigenvalue weighted by Crippen LogP contribution is -2.41. The summed E-state index contributed by atoms with van der Waals surface area (Å²) in [5.41, 5.74) is 1.25. The molecule has 2 aromatic carbocycles. The van der Waals surface area contributed by atoms with Crippen molar-refractivity contribution in [2.24, 2.45) is 5.10 Å². The molecule has 5 rings (SSSR count). The maximum Gasteiger partial charge on any atom is 0.269 e. The van der Waals surface area contributed by atoms with E-state index in [9.17, 15) is 14.4 Å². The van der Waals surface area contributed by atoms with Crippen LogP contribution in [0.3, 0.4) is 0 Å². The molecule has 10 heteroatoms. The second kappa shape index (κ2) is 8.13. The van der Waals surface area contributed by atoms with Gasteiger partial charge in [-0.05, 0) is 42.5 Å². The summed E-state index contributed by atoms with van der Waals surface area (Å²) in [7, 11) is 0. The van der Waals surface area contributed by atoms with Gasteiger partial charge in [0.05, 0.1) is 33.8 Å². The summed E-state index contributed by atoms with van der Waals surface area (Å²) < 4.78 is 6.98. The van der Waals surface area contributed by atoms with Crippen molar-refractivity contribution in [3.8, 4) is 0 Å². The number of fused-ring (bicyclic) bond motifs is 2. The van der Waals surface area contributed by atoms with E-state index in [1.54, 1.807) is 36.4 Å². The van der Waals surface area contributed by atoms with E-state index in [4.69, 9.17) is 4.42 Å². The van der Waals surface area contributed by atoms with Crippen LogP contribution in [-0.2, 0) is 4.79 Å². The van der Waals surface area contributed by atoms with Gasteiger partial charge in [-0.2, -0.15) is 10.1 Å². The standard InChI is InChI=1S/C22H13BrN4O4S/c23-13-7-8-17-18(10-13)32-22(25-17)27(24-11-14-4-3-9-31-14)19(28)12-26-20(29)15-5-1-2-6-16(15)21(26)30/h1-11H,12H2/b24-11+. The first-order valence-electron chi connectivity index (χ1n) is 9.43. The summed E-state index contributed by atoms with van der Waals surface area (Å²) in [5, 5.41) is 5.64. The van der Waals surface area contributed by atoms with Crippen molar-refractivity contribution in [1.29, 1.82) is 0 Å². The highest BCUT2D eigenvalue weighted by Crippen LogP contribution is 2.31. The maximum absolute atomic E-state index is 13.2. The van der Waals surface area contributed by atoms with Gasteiger partial charge in [-0.3, -0.25) is 19.3 Å². The number of amides is 3. The van der Waals surface area contributed by atoms with Gasteiger partial charge in [0.15, 0.2) is 0 Å². The summed E-state index contributed by atoms with van der Waals surface area (Å²) in [4.78, 5) is 44.0. The lowest BCUT2D eigenvalue weighted by atomic mass is 10.1. The summed E-state index contributed by atoms with van der Waals surface area (Å²) in [6.07, 6.45) is 2.86. The quantitative estimate of drug-likeness (QED) is 0.227. The van der Waals surface area contributed by atoms with Crippen LogP contribution in [0.4, 0.5) is 5.13 Å². The molecule has 8 nitrogen and oxygen atoms in total. The molecular weight excluding hydrogens is 496 g/mol. The molecule has 3 amide bonds. The van der Waals surface area contributed by atoms with Crippen molar-refractivity contribution in [3.63, 3.8) is 0 Å². The van der Waals surface area contributed by atoms with Crippen LogP contribution in [-0.4, -0.2) is 40.4 Å². The fraction of sp³-hybridized carbons (Fsp3) is 0.0455. The Kier molecular flexibility index (Phi) is 5.16. The SMILES string of the molecule is O=C1c2ccccc2C(=O)N1CC(=O)N(/N=C/c1ccco1)c1nc2ccc(Br)cc2s1. The second-order valence-corrected chi connectivity index (χ2v) is 8.74. The first kappa shape index (κ1) is 20.3. The molecular formula is C22H13BrN4O4S. The van der Waals surface area contributed by atoms with Gasteiger partial charge in [0, 0.05) is 4.47 Å². The minimum absolute atomic E-state index is 0.278. The molecule has 0 saturated heterocycles. The summed E-state index contributed by atoms with van der Waals surface area (Å²) in [6, 6.07) is 15.4. The van der Waals surface area contributed by atoms with E-state index >= 15 is 0 Å². The molecule has 2 aromatic heterocycles. The number of rotatable bonds is 5. The normalized spacial score (nSPS) is 13.3. The maximum atomic E-state index is 13.2. The Labute approximate surface area is 193 Å². The molecule has 0 radical (unpaired) electrons. The number of furan rings is 1. The number of imide groups is 1. The Morgan fingerprint density at radius 1 is 1.12 bits per heavy atom. The first-order chi connectivity index (χ1) is 15.5. The minimum Gasteiger partial charge on any atom is -0.463 e. The van der Waals surface area contributed by atoms with E-state index in [-0.39, 0.29) is 11.1 Å². The predicted octanol–water partition coefficient (Wildman–Crippen LogP) is 4.32. The van der Waals surface area contributed by atoms with Crippen LogP contribution >= 0.6 is 27.3 Å². The number of nitrogens with zero attached hydrogens (tertiary/aromatic N) is 4. The highest BCUT2D eigenvalue weighted by Gasteiger charge is 2.37. The lowest BCUT2D eigenvalue weighted by Gasteiger charge is -2.18. The number of hydrazone groups is 1. The number of halogens is 1. The topological polar surface area (TPSA) is 96.1 Å². The molecule has 0 spiro atoms. The molecule has 0 fully saturated rings. The molecule has 0 N–H and O–H groups in total. The number of benzene rings is 2. The van der Waals surface area contributed by atoms with Crippen LogP contribution in [0.1, 0.15) is 26.5 Å². The van der Waals surface area contributed by atoms with Gasteiger partial charge < -0.3 is 4.42 Å². The molecule has 4 aromatic rings. The molecule has 0 saturated carbocycles. The van der Waals surface area contributed by atoms with Crippen LogP contribution in [0, 0.1) is 0 Å². The van der Waals surface area contributed by atoms with Crippen LogP contribution in [0.15, 0.2) is 74.9 Å². The van der Waals surface area contributed by atoms with Gasteiger partial charge in [0.2, 0.25) is 5.13 Å². The van der Waals surface area contributed by atoms with Crippen molar-refractivity contribution in [2.75, 3.05) is 11.6 Å². The number of aromatic nitrogens is 1. The number of carbonyl (C=O) groups excluding carboxylic acids is 3. The highest BCUT2D eigenvalue weighted by atomic mass is 79.9. The highest BCUT2D eigenvalue weighted by molar-refractivity contribution is 9.10. The Bertz CT molecular complexity index is 1360. The average molecular weight is 509 g/mol. The van der Waals surface area contributed by atoms with Gasteiger partial charge in [-0.1, -0.05) is 39.4 Å². The predicted molar refractivity (Wildman–Crippen MR) is 123 cm³/mol. The zero-order chi connectivity index (χ0) is 22.2. The first-order valence-corrected chi connectivity index (χ1v) is 11.0. The number of carbonyl (C=O) groups is 3. The van der Waals surface area contributed by atoms with Crippen LogP contribution in [0.25, 0.3) is 10.2 Å². The third-order valence-electron chi connectivity index (χ3n) is 4.77. The average Bonchev–Trinajstić information content (AvgIpc) is 3.50. The van der Waals surface area contributed by atoms with Crippen molar-refractivity contribution >= 4 is 66.6 Å². The second-order valence-electron chi connectivity index (χ2n) is 6.82. The zero-order valence-corrected chi connectivity index (χ0v) is 18.7. The van der Waals surface area contributed by atoms with Crippen molar-refractivity contribution in [3.05, 3.63) is 82.2 Å². The largest absolute Gasteiger partial charge is 0.463 e. The van der Waals surface area contributed by atoms with Crippen LogP contribution in [0.2, 0.25) is 0 Å². The van der Waals surface area contributed by atoms with E-state index in [1.807, 2.05) is 18.2 Å². The molecule has 0 atom stereocenters. The third-order valence-corrected chi connectivity index (χ3v) is 6.26. The number of thiazole rings is 1. The fourth-order valence-electron chi connectivity index (χ4n) is 3.26. The Morgan fingerprint density at radius 3 is 2.56 bits per heavy atom. The number of hydrogen-bond acceptors (Lipinski definition) is 7. The number of anilines is 1. The molecule has 158 valence electrons. The van der Waals surface area contributed by atoms with Gasteiger partial charge in [0.1, 0.15) is 12.3 Å². The van der Waals surface area contributed by atoms with Crippen molar-refractivity contribution in [2.45, 2.75) is 0 Å². The monoisotopic (exact) mass is 508 g/mol.